The first-order chi connectivity index (χ1) is 19.7. The highest BCUT2D eigenvalue weighted by atomic mass is 16.4. The predicted molar refractivity (Wildman–Crippen MR) is 155 cm³/mol. The number of benzene rings is 3. The number of nitrogens with one attached hydrogen (secondary N) is 3. The van der Waals surface area contributed by atoms with E-state index in [0.29, 0.717) is 57.1 Å². The minimum Gasteiger partial charge on any atom is -0.481 e. The first-order valence-corrected chi connectivity index (χ1v) is 13.0. The number of carbonyl (C=O) groups is 4. The van der Waals surface area contributed by atoms with Gasteiger partial charge in [0.05, 0.1) is 17.7 Å². The number of amides is 2. The summed E-state index contributed by atoms with van der Waals surface area (Å²) in [5.74, 6) is -1.81. The smallest absolute Gasteiger partial charge is 0.307 e. The van der Waals surface area contributed by atoms with Crippen molar-refractivity contribution in [3.05, 3.63) is 113 Å². The third-order valence-electron chi connectivity index (χ3n) is 6.57. The molecule has 0 unspecified atom stereocenters. The van der Waals surface area contributed by atoms with Gasteiger partial charge in [-0.05, 0) is 67.9 Å². The molecule has 10 nitrogen and oxygen atoms in total. The van der Waals surface area contributed by atoms with Crippen molar-refractivity contribution in [3.8, 4) is 0 Å². The number of fused-ring (bicyclic) bond motifs is 1. The Hall–Kier alpha value is -5.51. The van der Waals surface area contributed by atoms with Crippen molar-refractivity contribution in [1.82, 2.24) is 9.78 Å². The molecule has 0 saturated carbocycles. The summed E-state index contributed by atoms with van der Waals surface area (Å²) in [6.45, 7) is 4.27. The Balaban J connectivity index is 1.34. The highest BCUT2D eigenvalue weighted by Crippen LogP contribution is 2.33. The Bertz CT molecular complexity index is 1720. The molecule has 2 amide bonds. The second-order valence-electron chi connectivity index (χ2n) is 9.54. The molecule has 3 aromatic carbocycles. The Morgan fingerprint density at radius 2 is 1.73 bits per heavy atom. The molecule has 41 heavy (non-hydrogen) atoms. The van der Waals surface area contributed by atoms with E-state index in [-0.39, 0.29) is 24.0 Å². The van der Waals surface area contributed by atoms with Gasteiger partial charge in [-0.2, -0.15) is 5.10 Å². The predicted octanol–water partition coefficient (Wildman–Crippen LogP) is 4.73. The van der Waals surface area contributed by atoms with E-state index in [2.05, 4.69) is 21.0 Å². The van der Waals surface area contributed by atoms with Crippen LogP contribution >= 0.6 is 0 Å². The number of aryl methyl sites for hydroxylation is 2. The van der Waals surface area contributed by atoms with Gasteiger partial charge in [0, 0.05) is 46.5 Å². The third-order valence-corrected chi connectivity index (χ3v) is 6.57. The molecule has 0 spiro atoms. The van der Waals surface area contributed by atoms with Crippen molar-refractivity contribution in [1.29, 1.82) is 0 Å². The lowest BCUT2D eigenvalue weighted by Gasteiger charge is -2.09. The van der Waals surface area contributed by atoms with Crippen LogP contribution in [0.3, 0.4) is 0 Å². The summed E-state index contributed by atoms with van der Waals surface area (Å²) in [6, 6.07) is 20.2. The number of carbonyl (C=O) groups excluding carboxylic acids is 3. The zero-order valence-electron chi connectivity index (χ0n) is 22.4. The lowest BCUT2D eigenvalue weighted by molar-refractivity contribution is -0.136. The second kappa shape index (κ2) is 11.3. The van der Waals surface area contributed by atoms with E-state index >= 15 is 0 Å². The van der Waals surface area contributed by atoms with Gasteiger partial charge in [0.2, 0.25) is 0 Å². The second-order valence-corrected chi connectivity index (χ2v) is 9.54. The van der Waals surface area contributed by atoms with E-state index in [0.717, 1.165) is 5.69 Å². The number of ketones is 1. The molecule has 206 valence electrons. The van der Waals surface area contributed by atoms with Crippen LogP contribution in [0.25, 0.3) is 5.57 Å². The molecule has 0 atom stereocenters. The highest BCUT2D eigenvalue weighted by Gasteiger charge is 2.26. The quantitative estimate of drug-likeness (QED) is 0.175. The van der Waals surface area contributed by atoms with Crippen LogP contribution in [0.5, 0.6) is 0 Å². The summed E-state index contributed by atoms with van der Waals surface area (Å²) >= 11 is 0. The fourth-order valence-electron chi connectivity index (χ4n) is 4.59. The number of hydrogen-bond acceptors (Lipinski definition) is 6. The molecule has 1 aliphatic rings. The summed E-state index contributed by atoms with van der Waals surface area (Å²) in [4.78, 5) is 49.8. The first-order valence-electron chi connectivity index (χ1n) is 13.0. The van der Waals surface area contributed by atoms with Crippen molar-refractivity contribution < 1.29 is 24.3 Å². The molecular weight excluding hydrogens is 522 g/mol. The van der Waals surface area contributed by atoms with Gasteiger partial charge in [0.1, 0.15) is 5.69 Å². The Morgan fingerprint density at radius 1 is 0.976 bits per heavy atom. The molecular formula is C31H27N5O5. The molecule has 1 aromatic heterocycles. The van der Waals surface area contributed by atoms with E-state index in [1.807, 2.05) is 13.8 Å². The van der Waals surface area contributed by atoms with Gasteiger partial charge < -0.3 is 21.1 Å². The topological polar surface area (TPSA) is 142 Å². The standard InChI is InChI=1S/C31H27N5O5/c1-3-36-27(13-18(2)35-36)31(41)33-23-6-4-5-20(15-23)29(39)21-9-12-26-24(16-21)25(30(40)34-26)17-32-22-10-7-19(8-11-22)14-28(37)38/h4-13,15-17,32H,3,14H2,1-2H3,(H,33,41)(H,34,40)(H,37,38). The van der Waals surface area contributed by atoms with Crippen LogP contribution in [0.2, 0.25) is 0 Å². The maximum atomic E-state index is 13.4. The van der Waals surface area contributed by atoms with Crippen LogP contribution in [0.1, 0.15) is 50.2 Å². The van der Waals surface area contributed by atoms with Gasteiger partial charge in [-0.3, -0.25) is 23.9 Å². The molecule has 0 saturated heterocycles. The number of aliphatic carboxylic acids is 1. The van der Waals surface area contributed by atoms with E-state index in [1.54, 1.807) is 83.7 Å². The van der Waals surface area contributed by atoms with Gasteiger partial charge in [-0.1, -0.05) is 24.3 Å². The highest BCUT2D eigenvalue weighted by molar-refractivity contribution is 6.32. The van der Waals surface area contributed by atoms with Crippen molar-refractivity contribution >= 4 is 46.2 Å². The molecule has 10 heteroatoms. The van der Waals surface area contributed by atoms with E-state index in [4.69, 9.17) is 5.11 Å². The summed E-state index contributed by atoms with van der Waals surface area (Å²) < 4.78 is 1.62. The fraction of sp³-hybridized carbons (Fsp3) is 0.129. The number of aromatic nitrogens is 2. The third kappa shape index (κ3) is 5.91. The molecule has 1 aliphatic heterocycles. The molecule has 0 fully saturated rings. The van der Waals surface area contributed by atoms with Gasteiger partial charge in [0.25, 0.3) is 11.8 Å². The summed E-state index contributed by atoms with van der Waals surface area (Å²) in [5, 5.41) is 21.9. The Morgan fingerprint density at radius 3 is 2.46 bits per heavy atom. The van der Waals surface area contributed by atoms with Crippen LogP contribution in [0.15, 0.2) is 79.0 Å². The lowest BCUT2D eigenvalue weighted by atomic mass is 9.98. The number of rotatable bonds is 9. The molecule has 4 N–H and O–H groups in total. The average molecular weight is 550 g/mol. The average Bonchev–Trinajstić information content (AvgIpc) is 3.50. The maximum Gasteiger partial charge on any atom is 0.307 e. The largest absolute Gasteiger partial charge is 0.481 e. The van der Waals surface area contributed by atoms with Gasteiger partial charge >= 0.3 is 5.97 Å². The Labute approximate surface area is 235 Å². The zero-order valence-corrected chi connectivity index (χ0v) is 22.4. The monoisotopic (exact) mass is 549 g/mol. The Kier molecular flexibility index (Phi) is 7.47. The fourth-order valence-corrected chi connectivity index (χ4v) is 4.59. The van der Waals surface area contributed by atoms with Crippen LogP contribution in [-0.2, 0) is 22.6 Å². The van der Waals surface area contributed by atoms with Gasteiger partial charge in [-0.25, -0.2) is 0 Å². The van der Waals surface area contributed by atoms with Gasteiger partial charge in [-0.15, -0.1) is 0 Å². The SMILES string of the molecule is CCn1nc(C)cc1C(=O)Nc1cccc(C(=O)c2ccc3c(c2)C(=CNc2ccc(CC(=O)O)cc2)C(=O)N3)c1. The van der Waals surface area contributed by atoms with Crippen LogP contribution in [0.4, 0.5) is 17.1 Å². The molecule has 4 aromatic rings. The summed E-state index contributed by atoms with van der Waals surface area (Å²) in [7, 11) is 0. The number of carboxylic acids is 1. The summed E-state index contributed by atoms with van der Waals surface area (Å²) in [5.41, 5.74) is 5.25. The molecule has 5 rings (SSSR count). The summed E-state index contributed by atoms with van der Waals surface area (Å²) in [6.07, 6.45) is 1.48. The number of carboxylic acid groups (broad SMARTS) is 1. The molecule has 0 radical (unpaired) electrons. The van der Waals surface area contributed by atoms with Crippen LogP contribution in [0, 0.1) is 6.92 Å². The molecule has 2 heterocycles. The van der Waals surface area contributed by atoms with E-state index in [9.17, 15) is 19.2 Å². The van der Waals surface area contributed by atoms with Crippen LogP contribution in [-0.4, -0.2) is 38.5 Å². The minimum atomic E-state index is -0.913. The van der Waals surface area contributed by atoms with Gasteiger partial charge in [0.15, 0.2) is 5.78 Å². The first kappa shape index (κ1) is 27.1. The van der Waals surface area contributed by atoms with Crippen molar-refractivity contribution in [2.24, 2.45) is 0 Å². The normalized spacial score (nSPS) is 13.0. The van der Waals surface area contributed by atoms with Crippen LogP contribution < -0.4 is 16.0 Å². The van der Waals surface area contributed by atoms with Crippen molar-refractivity contribution in [2.75, 3.05) is 16.0 Å². The molecule has 0 aliphatic carbocycles. The number of anilines is 3. The maximum absolute atomic E-state index is 13.4. The number of nitrogens with zero attached hydrogens (tertiary/aromatic N) is 2. The van der Waals surface area contributed by atoms with E-state index in [1.165, 1.54) is 0 Å². The lowest BCUT2D eigenvalue weighted by Crippen LogP contribution is -2.17. The molecule has 0 bridgehead atoms. The van der Waals surface area contributed by atoms with Crippen molar-refractivity contribution in [3.63, 3.8) is 0 Å². The minimum absolute atomic E-state index is 0.0760. The van der Waals surface area contributed by atoms with Crippen molar-refractivity contribution in [2.45, 2.75) is 26.8 Å². The van der Waals surface area contributed by atoms with E-state index < -0.39 is 5.97 Å². The number of hydrogen-bond donors (Lipinski definition) is 4. The zero-order chi connectivity index (χ0) is 29.1.